The second-order valence-corrected chi connectivity index (χ2v) is 33.5. The van der Waals surface area contributed by atoms with Gasteiger partial charge in [-0.3, -0.25) is 43.2 Å². The maximum Gasteiger partial charge on any atom is 0.491 e. The Kier molecular flexibility index (Phi) is 25.3. The van der Waals surface area contributed by atoms with E-state index in [4.69, 9.17) is 24.4 Å². The van der Waals surface area contributed by atoms with E-state index >= 15 is 4.39 Å². The zero-order chi connectivity index (χ0) is 69.5. The molecule has 514 valence electrons. The van der Waals surface area contributed by atoms with Crippen LogP contribution in [0.15, 0.2) is 48.5 Å². The number of carboxylic acids is 1. The van der Waals surface area contributed by atoms with E-state index in [-0.39, 0.29) is 166 Å². The van der Waals surface area contributed by atoms with Crippen LogP contribution in [0.2, 0.25) is 0 Å². The van der Waals surface area contributed by atoms with Gasteiger partial charge in [0.1, 0.15) is 34.8 Å². The minimum atomic E-state index is -1.49. The van der Waals surface area contributed by atoms with Gasteiger partial charge >= 0.3 is 34.4 Å². The van der Waals surface area contributed by atoms with Crippen molar-refractivity contribution in [2.24, 2.45) is 17.6 Å². The summed E-state index contributed by atoms with van der Waals surface area (Å²) in [6.07, 6.45) is 1.30. The Bertz CT molecular complexity index is 3760. The first-order valence-electron chi connectivity index (χ1n) is 31.1. The Morgan fingerprint density at radius 2 is 1.02 bits per heavy atom. The van der Waals surface area contributed by atoms with Crippen molar-refractivity contribution >= 4 is 168 Å². The number of carbonyl (C=O) groups excluding carboxylic acids is 8. The first kappa shape index (κ1) is 74.3. The standard InChI is InChI=1S/C60H65B4F4N5O18S6/c65-46-19-30(15-42-37(46)26-88-61(42)84)36(25-73-56(80)33-18-45-40(49(68)22-33)29-91-64(45)87)57(81)71-14-12-35(74)7-2-1-3-9-50(69)54(78)59(92-94-60(95-93-59)96-97-60)41(58(82)83)8-4-5-13-70-53(77)11-6-10-51(75)34(23-52(76)31-16-43-38(47(66)20-31)27-89-62(43)85)24-72-55(79)32-17-44-39(48(67)21-32)28-90-63(44)86/h15-22,34,36,41,50,84-87H,1-14,23-29,69H2,(H,70,77)(H,71,81)(H,72,79)(H,73,80)(H,82,83)/t34-,36+,41-,50-/m0/s1. The number of benzene rings is 4. The molecule has 0 unspecified atom stereocenters. The average molecular weight is 1460 g/mol. The van der Waals surface area contributed by atoms with Gasteiger partial charge in [0.05, 0.1) is 44.3 Å². The fourth-order valence-electron chi connectivity index (χ4n) is 11.8. The summed E-state index contributed by atoms with van der Waals surface area (Å²) in [6.45, 7) is -1.66. The Morgan fingerprint density at radius 3 is 1.57 bits per heavy atom. The second kappa shape index (κ2) is 33.0. The predicted octanol–water partition coefficient (Wildman–Crippen LogP) is 3.07. The lowest BCUT2D eigenvalue weighted by molar-refractivity contribution is -0.144. The van der Waals surface area contributed by atoms with Crippen LogP contribution < -0.4 is 48.9 Å². The van der Waals surface area contributed by atoms with Crippen LogP contribution in [0, 0.1) is 35.1 Å². The average Bonchev–Trinajstić information content (AvgIpc) is 1.64. The fraction of sp³-hybridized carbons (Fsp3) is 0.450. The molecule has 0 aliphatic carbocycles. The van der Waals surface area contributed by atoms with E-state index in [9.17, 15) is 81.5 Å². The maximum absolute atomic E-state index is 15.3. The summed E-state index contributed by atoms with van der Waals surface area (Å²) in [5.74, 6) is -12.6. The van der Waals surface area contributed by atoms with Crippen molar-refractivity contribution in [3.8, 4) is 0 Å². The minimum absolute atomic E-state index is 0.0121. The molecule has 4 amide bonds. The molecule has 6 heterocycles. The predicted molar refractivity (Wildman–Crippen MR) is 362 cm³/mol. The second-order valence-electron chi connectivity index (χ2n) is 24.0. The number of carbonyl (C=O) groups is 9. The Morgan fingerprint density at radius 1 is 0.526 bits per heavy atom. The minimum Gasteiger partial charge on any atom is -0.481 e. The molecule has 37 heteroatoms. The van der Waals surface area contributed by atoms with Crippen LogP contribution in [0.4, 0.5) is 17.6 Å². The highest BCUT2D eigenvalue weighted by molar-refractivity contribution is 9.14. The number of carboxylic acid groups (broad SMARTS) is 1. The first-order valence-corrected chi connectivity index (χ1v) is 37.6. The number of hydrogen-bond acceptors (Lipinski definition) is 24. The molecule has 6 aliphatic rings. The molecule has 97 heavy (non-hydrogen) atoms. The molecule has 4 aromatic rings. The molecule has 4 atom stereocenters. The van der Waals surface area contributed by atoms with E-state index in [1.807, 2.05) is 0 Å². The van der Waals surface area contributed by atoms with Crippen LogP contribution in [-0.2, 0) is 73.8 Å². The van der Waals surface area contributed by atoms with Gasteiger partial charge in [0, 0.05) is 103 Å². The summed E-state index contributed by atoms with van der Waals surface area (Å²) < 4.78 is 78.5. The van der Waals surface area contributed by atoms with Crippen molar-refractivity contribution in [3.05, 3.63) is 116 Å². The maximum atomic E-state index is 15.3. The largest absolute Gasteiger partial charge is 0.491 e. The molecule has 11 N–H and O–H groups in total. The van der Waals surface area contributed by atoms with E-state index in [0.717, 1.165) is 24.3 Å². The van der Waals surface area contributed by atoms with Gasteiger partial charge in [-0.15, -0.1) is 0 Å². The highest BCUT2D eigenvalue weighted by atomic mass is 33.2. The number of amides is 4. The van der Waals surface area contributed by atoms with Gasteiger partial charge in [0.25, 0.3) is 11.8 Å². The number of nitrogens with two attached hydrogens (primary N) is 1. The summed E-state index contributed by atoms with van der Waals surface area (Å²) in [4.78, 5) is 121. The molecule has 2 fully saturated rings. The van der Waals surface area contributed by atoms with Gasteiger partial charge in [0.2, 0.25) is 11.8 Å². The van der Waals surface area contributed by atoms with Gasteiger partial charge < -0.3 is 70.8 Å². The third kappa shape index (κ3) is 17.9. The number of unbranched alkanes of at least 4 members (excludes halogenated alkanes) is 3. The van der Waals surface area contributed by atoms with Crippen molar-refractivity contribution in [3.63, 3.8) is 0 Å². The van der Waals surface area contributed by atoms with Gasteiger partial charge in [0.15, 0.2) is 18.4 Å². The van der Waals surface area contributed by atoms with Gasteiger partial charge in [-0.2, -0.15) is 0 Å². The SMILES string of the molecule is N[C@@H](CCCCCC(=O)CCNC(=O)[C@H](CNC(=O)c1cc(F)c2c(c1)B(O)OC2)c1cc(F)c2c(c1)B(O)OC2)C(=O)C1([C@@H](CCCCNC(=O)CCCC(=O)[C@H](CNC(=O)c2cc(F)c3c(c2)B(O)OC3)CC(=O)c2cc(F)c3c(c2)B(O)OC3)C(=O)O)SSC2(SS2)SS1. The third-order valence-electron chi connectivity index (χ3n) is 17.4. The van der Waals surface area contributed by atoms with Crippen LogP contribution >= 0.6 is 64.8 Å². The molecular weight excluding hydrogens is 1390 g/mol. The molecule has 0 radical (unpaired) electrons. The van der Waals surface area contributed by atoms with Gasteiger partial charge in [-0.25, -0.2) is 17.6 Å². The topological polar surface area (TPSA) is 366 Å². The van der Waals surface area contributed by atoms with E-state index in [2.05, 4.69) is 21.3 Å². The van der Waals surface area contributed by atoms with Gasteiger partial charge in [-0.05, 0) is 139 Å². The number of Topliss-reactive ketones (excluding diaryl/α,β-unsaturated/α-hetero) is 4. The van der Waals surface area contributed by atoms with E-state index in [1.54, 1.807) is 21.6 Å². The summed E-state index contributed by atoms with van der Waals surface area (Å²) in [5, 5.41) is 62.0. The van der Waals surface area contributed by atoms with Crippen molar-refractivity contribution in [2.75, 3.05) is 26.2 Å². The lowest BCUT2D eigenvalue weighted by Gasteiger charge is -2.40. The number of rotatable bonds is 34. The molecule has 0 saturated carbocycles. The summed E-state index contributed by atoms with van der Waals surface area (Å²) >= 11 is 0. The smallest absolute Gasteiger partial charge is 0.481 e. The molecule has 4 aromatic carbocycles. The number of ketones is 4. The molecule has 2 saturated heterocycles. The highest BCUT2D eigenvalue weighted by Crippen LogP contribution is 2.86. The number of aliphatic carboxylic acids is 1. The van der Waals surface area contributed by atoms with Crippen molar-refractivity contribution in [1.82, 2.24) is 21.3 Å². The zero-order valence-corrected chi connectivity index (χ0v) is 56.6. The third-order valence-corrected chi connectivity index (χ3v) is 31.8. The zero-order valence-electron chi connectivity index (χ0n) is 51.7. The Balaban J connectivity index is 0.662. The van der Waals surface area contributed by atoms with E-state index < -0.39 is 146 Å². The van der Waals surface area contributed by atoms with Crippen LogP contribution in [0.3, 0.4) is 0 Å². The quantitative estimate of drug-likeness (QED) is 0.00802. The van der Waals surface area contributed by atoms with Gasteiger partial charge in [-0.1, -0.05) is 53.0 Å². The summed E-state index contributed by atoms with van der Waals surface area (Å²) in [7, 11) is 2.53. The normalized spacial score (nSPS) is 17.4. The number of halogens is 4. The Labute approximate surface area is 578 Å². The Hall–Kier alpha value is -5.37. The lowest BCUT2D eigenvalue weighted by Crippen LogP contribution is -2.51. The lowest BCUT2D eigenvalue weighted by atomic mass is 9.77. The molecule has 1 spiro atoms. The van der Waals surface area contributed by atoms with Crippen molar-refractivity contribution < 1.29 is 105 Å². The van der Waals surface area contributed by atoms with Crippen molar-refractivity contribution in [1.29, 1.82) is 0 Å². The van der Waals surface area contributed by atoms with Crippen LogP contribution in [0.5, 0.6) is 0 Å². The first-order chi connectivity index (χ1) is 46.3. The number of hydrogen-bond donors (Lipinski definition) is 10. The van der Waals surface area contributed by atoms with E-state index in [0.29, 0.717) is 25.7 Å². The molecular formula is C60H65B4F4N5O18S6. The van der Waals surface area contributed by atoms with Crippen molar-refractivity contribution in [2.45, 2.75) is 129 Å². The fourth-order valence-corrected chi connectivity index (χ4v) is 26.0. The van der Waals surface area contributed by atoms with E-state index in [1.165, 1.54) is 67.4 Å². The summed E-state index contributed by atoms with van der Waals surface area (Å²) in [6, 6.07) is 8.06. The molecule has 10 rings (SSSR count). The molecule has 0 bridgehead atoms. The monoisotopic (exact) mass is 1460 g/mol. The number of fused-ring (bicyclic) bond motifs is 4. The number of nitrogens with one attached hydrogen (secondary N) is 4. The molecule has 0 aromatic heterocycles. The van der Waals surface area contributed by atoms with Crippen LogP contribution in [0.25, 0.3) is 0 Å². The summed E-state index contributed by atoms with van der Waals surface area (Å²) in [5.41, 5.74) is 6.78. The molecule has 6 aliphatic heterocycles. The highest BCUT2D eigenvalue weighted by Gasteiger charge is 2.62. The van der Waals surface area contributed by atoms with Crippen LogP contribution in [0.1, 0.15) is 148 Å². The van der Waals surface area contributed by atoms with Crippen LogP contribution in [-0.4, -0.2) is 145 Å². The molecule has 23 nitrogen and oxygen atoms in total.